The summed E-state index contributed by atoms with van der Waals surface area (Å²) in [6.45, 7) is 7.75. The Morgan fingerprint density at radius 2 is 1.96 bits per heavy atom. The largest absolute Gasteiger partial charge is 0.379 e. The quantitative estimate of drug-likeness (QED) is 0.783. The molecule has 1 amide bonds. The first kappa shape index (κ1) is 18.3. The molecule has 0 aliphatic carbocycles. The lowest BCUT2D eigenvalue weighted by atomic mass is 10.1. The number of amides is 1. The van der Waals surface area contributed by atoms with Gasteiger partial charge in [0.1, 0.15) is 5.82 Å². The second-order valence-corrected chi connectivity index (χ2v) is 6.29. The minimum Gasteiger partial charge on any atom is -0.379 e. The molecule has 1 saturated heterocycles. The highest BCUT2D eigenvalue weighted by Gasteiger charge is 2.11. The van der Waals surface area contributed by atoms with Gasteiger partial charge in [0.05, 0.1) is 13.2 Å². The van der Waals surface area contributed by atoms with E-state index >= 15 is 0 Å². The highest BCUT2D eigenvalue weighted by Crippen LogP contribution is 2.07. The van der Waals surface area contributed by atoms with Gasteiger partial charge in [0.25, 0.3) is 5.91 Å². The zero-order valence-electron chi connectivity index (χ0n) is 15.1. The number of aromatic nitrogens is 2. The molecular formula is C19H25N5O2. The molecule has 1 aromatic heterocycles. The maximum Gasteiger partial charge on any atom is 0.272 e. The Morgan fingerprint density at radius 1 is 1.15 bits per heavy atom. The Bertz CT molecular complexity index is 714. The number of hydrogen-bond donors (Lipinski definition) is 2. The van der Waals surface area contributed by atoms with Gasteiger partial charge >= 0.3 is 0 Å². The van der Waals surface area contributed by atoms with Crippen LogP contribution in [-0.2, 0) is 11.3 Å². The van der Waals surface area contributed by atoms with Crippen LogP contribution in [0.2, 0.25) is 0 Å². The van der Waals surface area contributed by atoms with E-state index in [1.165, 1.54) is 0 Å². The standard InChI is InChI=1S/C19H25N5O2/c1-15-4-2-3-5-16(15)14-21-19(25)17-6-7-18(23-22-17)20-8-9-24-10-12-26-13-11-24/h2-7H,8-14H2,1H3,(H,20,23)(H,21,25). The van der Waals surface area contributed by atoms with E-state index in [9.17, 15) is 4.79 Å². The molecule has 0 radical (unpaired) electrons. The number of carbonyl (C=O) groups excluding carboxylic acids is 1. The number of nitrogens with zero attached hydrogens (tertiary/aromatic N) is 3. The Morgan fingerprint density at radius 3 is 2.69 bits per heavy atom. The molecule has 7 nitrogen and oxygen atoms in total. The topological polar surface area (TPSA) is 79.4 Å². The number of morpholine rings is 1. The lowest BCUT2D eigenvalue weighted by molar-refractivity contribution is 0.0398. The van der Waals surface area contributed by atoms with E-state index in [1.54, 1.807) is 12.1 Å². The molecule has 1 aliphatic rings. The fourth-order valence-electron chi connectivity index (χ4n) is 2.79. The van der Waals surface area contributed by atoms with Crippen molar-refractivity contribution >= 4 is 11.7 Å². The van der Waals surface area contributed by atoms with Crippen molar-refractivity contribution in [1.29, 1.82) is 0 Å². The SMILES string of the molecule is Cc1ccccc1CNC(=O)c1ccc(NCCN2CCOCC2)nn1. The molecule has 2 aromatic rings. The van der Waals surface area contributed by atoms with Crippen LogP contribution in [0.4, 0.5) is 5.82 Å². The van der Waals surface area contributed by atoms with Crippen LogP contribution in [0.3, 0.4) is 0 Å². The van der Waals surface area contributed by atoms with Crippen LogP contribution in [0.15, 0.2) is 36.4 Å². The third kappa shape index (κ3) is 5.24. The van der Waals surface area contributed by atoms with Crippen molar-refractivity contribution in [1.82, 2.24) is 20.4 Å². The molecule has 0 spiro atoms. The summed E-state index contributed by atoms with van der Waals surface area (Å²) >= 11 is 0. The van der Waals surface area contributed by atoms with E-state index in [1.807, 2.05) is 31.2 Å². The smallest absolute Gasteiger partial charge is 0.272 e. The third-order valence-corrected chi connectivity index (χ3v) is 4.44. The molecule has 0 saturated carbocycles. The maximum atomic E-state index is 12.2. The molecular weight excluding hydrogens is 330 g/mol. The summed E-state index contributed by atoms with van der Waals surface area (Å²) in [6, 6.07) is 11.5. The Balaban J connectivity index is 1.44. The van der Waals surface area contributed by atoms with Gasteiger partial charge in [0.15, 0.2) is 5.69 Å². The Hall–Kier alpha value is -2.51. The highest BCUT2D eigenvalue weighted by molar-refractivity contribution is 5.92. The average Bonchev–Trinajstić information content (AvgIpc) is 2.68. The van der Waals surface area contributed by atoms with Gasteiger partial charge in [0.2, 0.25) is 0 Å². The van der Waals surface area contributed by atoms with Crippen molar-refractivity contribution in [2.45, 2.75) is 13.5 Å². The van der Waals surface area contributed by atoms with E-state index in [4.69, 9.17) is 4.74 Å². The monoisotopic (exact) mass is 355 g/mol. The first-order valence-corrected chi connectivity index (χ1v) is 8.93. The number of benzene rings is 1. The van der Waals surface area contributed by atoms with Gasteiger partial charge in [-0.3, -0.25) is 9.69 Å². The Labute approximate surface area is 153 Å². The average molecular weight is 355 g/mol. The van der Waals surface area contributed by atoms with E-state index in [2.05, 4.69) is 25.7 Å². The van der Waals surface area contributed by atoms with Crippen molar-refractivity contribution in [3.63, 3.8) is 0 Å². The van der Waals surface area contributed by atoms with Crippen LogP contribution in [0.25, 0.3) is 0 Å². The minimum absolute atomic E-state index is 0.222. The molecule has 26 heavy (non-hydrogen) atoms. The molecule has 1 aromatic carbocycles. The van der Waals surface area contributed by atoms with Gasteiger partial charge in [0, 0.05) is 32.7 Å². The summed E-state index contributed by atoms with van der Waals surface area (Å²) in [4.78, 5) is 14.6. The van der Waals surface area contributed by atoms with Crippen LogP contribution < -0.4 is 10.6 Å². The molecule has 7 heteroatoms. The third-order valence-electron chi connectivity index (χ3n) is 4.44. The highest BCUT2D eigenvalue weighted by atomic mass is 16.5. The van der Waals surface area contributed by atoms with Crippen LogP contribution in [0.1, 0.15) is 21.6 Å². The predicted octanol–water partition coefficient (Wildman–Crippen LogP) is 1.46. The van der Waals surface area contributed by atoms with Gasteiger partial charge in [-0.2, -0.15) is 0 Å². The molecule has 0 bridgehead atoms. The number of carbonyl (C=O) groups is 1. The molecule has 138 valence electrons. The number of ether oxygens (including phenoxy) is 1. The molecule has 3 rings (SSSR count). The summed E-state index contributed by atoms with van der Waals surface area (Å²) in [5, 5.41) is 14.2. The van der Waals surface area contributed by atoms with E-state index in [0.29, 0.717) is 18.1 Å². The van der Waals surface area contributed by atoms with Crippen molar-refractivity contribution in [3.8, 4) is 0 Å². The summed E-state index contributed by atoms with van der Waals surface area (Å²) in [5.41, 5.74) is 2.56. The van der Waals surface area contributed by atoms with Crippen molar-refractivity contribution < 1.29 is 9.53 Å². The predicted molar refractivity (Wildman–Crippen MR) is 100 cm³/mol. The van der Waals surface area contributed by atoms with E-state index in [-0.39, 0.29) is 5.91 Å². The van der Waals surface area contributed by atoms with Crippen molar-refractivity contribution in [3.05, 3.63) is 53.2 Å². The summed E-state index contributed by atoms with van der Waals surface area (Å²) < 4.78 is 5.33. The maximum absolute atomic E-state index is 12.2. The van der Waals surface area contributed by atoms with E-state index in [0.717, 1.165) is 50.5 Å². The normalized spacial score (nSPS) is 14.8. The summed E-state index contributed by atoms with van der Waals surface area (Å²) in [5.74, 6) is 0.453. The first-order valence-electron chi connectivity index (χ1n) is 8.93. The van der Waals surface area contributed by atoms with E-state index < -0.39 is 0 Å². The Kier molecular flexibility index (Phi) is 6.51. The molecule has 0 atom stereocenters. The molecule has 2 N–H and O–H groups in total. The van der Waals surface area contributed by atoms with Gasteiger partial charge in [-0.05, 0) is 30.2 Å². The lowest BCUT2D eigenvalue weighted by Gasteiger charge is -2.26. The molecule has 2 heterocycles. The van der Waals surface area contributed by atoms with Crippen molar-refractivity contribution in [2.75, 3.05) is 44.7 Å². The first-order chi connectivity index (χ1) is 12.7. The molecule has 1 aliphatic heterocycles. The fourth-order valence-corrected chi connectivity index (χ4v) is 2.79. The minimum atomic E-state index is -0.222. The zero-order valence-corrected chi connectivity index (χ0v) is 15.1. The van der Waals surface area contributed by atoms with Gasteiger partial charge in [-0.25, -0.2) is 0 Å². The van der Waals surface area contributed by atoms with Crippen LogP contribution in [0.5, 0.6) is 0 Å². The lowest BCUT2D eigenvalue weighted by Crippen LogP contribution is -2.39. The summed E-state index contributed by atoms with van der Waals surface area (Å²) in [7, 11) is 0. The number of rotatable bonds is 7. The van der Waals surface area contributed by atoms with Gasteiger partial charge in [-0.15, -0.1) is 10.2 Å². The van der Waals surface area contributed by atoms with Crippen LogP contribution in [0, 0.1) is 6.92 Å². The number of nitrogens with one attached hydrogen (secondary N) is 2. The molecule has 1 fully saturated rings. The van der Waals surface area contributed by atoms with Crippen molar-refractivity contribution in [2.24, 2.45) is 0 Å². The van der Waals surface area contributed by atoms with Crippen LogP contribution in [-0.4, -0.2) is 60.4 Å². The summed E-state index contributed by atoms with van der Waals surface area (Å²) in [6.07, 6.45) is 0. The number of aryl methyl sites for hydroxylation is 1. The second kappa shape index (κ2) is 9.26. The fraction of sp³-hybridized carbons (Fsp3) is 0.421. The number of hydrogen-bond acceptors (Lipinski definition) is 6. The molecule has 0 unspecified atom stereocenters. The zero-order chi connectivity index (χ0) is 18.2. The van der Waals surface area contributed by atoms with Gasteiger partial charge < -0.3 is 15.4 Å². The number of anilines is 1. The van der Waals surface area contributed by atoms with Crippen LogP contribution >= 0.6 is 0 Å². The van der Waals surface area contributed by atoms with Gasteiger partial charge in [-0.1, -0.05) is 24.3 Å². The second-order valence-electron chi connectivity index (χ2n) is 6.29.